The van der Waals surface area contributed by atoms with Crippen LogP contribution >= 0.6 is 0 Å². The summed E-state index contributed by atoms with van der Waals surface area (Å²) < 4.78 is 11.0. The molecule has 2 unspecified atom stereocenters. The molecule has 6 nitrogen and oxygen atoms in total. The van der Waals surface area contributed by atoms with E-state index in [2.05, 4.69) is 6.58 Å². The number of likely N-dealkylation sites (tertiary alicyclic amines) is 1. The van der Waals surface area contributed by atoms with Gasteiger partial charge in [-0.05, 0) is 67.2 Å². The van der Waals surface area contributed by atoms with Gasteiger partial charge in [-0.3, -0.25) is 9.59 Å². The average Bonchev–Trinajstić information content (AvgIpc) is 2.71. The predicted octanol–water partition coefficient (Wildman–Crippen LogP) is 4.72. The van der Waals surface area contributed by atoms with Crippen molar-refractivity contribution in [3.63, 3.8) is 0 Å². The van der Waals surface area contributed by atoms with Crippen molar-refractivity contribution >= 4 is 18.0 Å². The van der Waals surface area contributed by atoms with Gasteiger partial charge in [0, 0.05) is 6.54 Å². The van der Waals surface area contributed by atoms with E-state index in [9.17, 15) is 14.4 Å². The molecule has 2 atom stereocenters. The van der Waals surface area contributed by atoms with E-state index in [0.717, 1.165) is 4.90 Å². The Kier molecular flexibility index (Phi) is 7.13. The molecule has 160 valence electrons. The van der Waals surface area contributed by atoms with Crippen LogP contribution < -0.4 is 0 Å². The van der Waals surface area contributed by atoms with Crippen LogP contribution in [0.4, 0.5) is 4.79 Å². The van der Waals surface area contributed by atoms with Crippen LogP contribution in [0.5, 0.6) is 0 Å². The van der Waals surface area contributed by atoms with E-state index in [-0.39, 0.29) is 18.4 Å². The summed E-state index contributed by atoms with van der Waals surface area (Å²) in [5.41, 5.74) is -1.89. The van der Waals surface area contributed by atoms with Gasteiger partial charge in [0.05, 0.1) is 11.3 Å². The summed E-state index contributed by atoms with van der Waals surface area (Å²) in [5, 5.41) is 0. The minimum atomic E-state index is -1.06. The molecule has 0 aliphatic carbocycles. The van der Waals surface area contributed by atoms with Crippen LogP contribution in [-0.2, 0) is 19.1 Å². The van der Waals surface area contributed by atoms with Gasteiger partial charge in [-0.1, -0.05) is 26.0 Å². The quantitative estimate of drug-likeness (QED) is 0.497. The highest BCUT2D eigenvalue weighted by atomic mass is 16.6. The van der Waals surface area contributed by atoms with Crippen LogP contribution in [0.15, 0.2) is 12.2 Å². The maximum atomic E-state index is 13.5. The minimum Gasteiger partial charge on any atom is -0.459 e. The molecule has 1 aliphatic rings. The first kappa shape index (κ1) is 24.2. The van der Waals surface area contributed by atoms with Crippen LogP contribution in [0.3, 0.4) is 0 Å². The zero-order chi connectivity index (χ0) is 22.1. The SMILES string of the molecule is C=C(C)C(C(=O)OC(C)(C)C)C1(CC(C)C)CCN(C(=O)OC(C)(C)C)C1=O. The highest BCUT2D eigenvalue weighted by Gasteiger charge is 2.57. The number of amides is 2. The van der Waals surface area contributed by atoms with E-state index < -0.39 is 34.6 Å². The molecule has 0 bridgehead atoms. The van der Waals surface area contributed by atoms with E-state index >= 15 is 0 Å². The Morgan fingerprint density at radius 3 is 2.00 bits per heavy atom. The molecule has 1 rings (SSSR count). The zero-order valence-corrected chi connectivity index (χ0v) is 19.0. The summed E-state index contributed by atoms with van der Waals surface area (Å²) in [5.74, 6) is -1.52. The third-order valence-corrected chi connectivity index (χ3v) is 4.53. The molecular formula is C22H37NO5. The molecule has 0 N–H and O–H groups in total. The Balaban J connectivity index is 3.34. The first-order valence-electron chi connectivity index (χ1n) is 9.93. The Morgan fingerprint density at radius 1 is 1.11 bits per heavy atom. The largest absolute Gasteiger partial charge is 0.459 e. The fraction of sp³-hybridized carbons (Fsp3) is 0.773. The topological polar surface area (TPSA) is 72.9 Å². The number of carbonyl (C=O) groups is 3. The van der Waals surface area contributed by atoms with Gasteiger partial charge in [-0.15, -0.1) is 0 Å². The maximum Gasteiger partial charge on any atom is 0.417 e. The summed E-state index contributed by atoms with van der Waals surface area (Å²) in [6.45, 7) is 20.6. The second-order valence-corrected chi connectivity index (χ2v) is 10.3. The lowest BCUT2D eigenvalue weighted by molar-refractivity contribution is -0.166. The van der Waals surface area contributed by atoms with Crippen molar-refractivity contribution in [1.82, 2.24) is 4.90 Å². The van der Waals surface area contributed by atoms with E-state index in [1.807, 2.05) is 13.8 Å². The van der Waals surface area contributed by atoms with Crippen molar-refractivity contribution in [3.05, 3.63) is 12.2 Å². The lowest BCUT2D eigenvalue weighted by atomic mass is 9.66. The van der Waals surface area contributed by atoms with Gasteiger partial charge in [0.1, 0.15) is 11.2 Å². The molecule has 1 aliphatic heterocycles. The molecule has 1 heterocycles. The van der Waals surface area contributed by atoms with Crippen LogP contribution in [0.25, 0.3) is 0 Å². The van der Waals surface area contributed by atoms with Gasteiger partial charge in [-0.2, -0.15) is 0 Å². The number of carbonyl (C=O) groups excluding carboxylic acids is 3. The van der Waals surface area contributed by atoms with Crippen molar-refractivity contribution in [2.45, 2.75) is 86.4 Å². The van der Waals surface area contributed by atoms with Gasteiger partial charge in [0.25, 0.3) is 0 Å². The van der Waals surface area contributed by atoms with Gasteiger partial charge < -0.3 is 9.47 Å². The van der Waals surface area contributed by atoms with Crippen molar-refractivity contribution in [2.24, 2.45) is 17.3 Å². The highest BCUT2D eigenvalue weighted by molar-refractivity contribution is 6.00. The number of rotatable bonds is 5. The molecule has 6 heteroatoms. The van der Waals surface area contributed by atoms with E-state index in [4.69, 9.17) is 9.47 Å². The van der Waals surface area contributed by atoms with Crippen molar-refractivity contribution < 1.29 is 23.9 Å². The van der Waals surface area contributed by atoms with Gasteiger partial charge in [-0.25, -0.2) is 9.69 Å². The van der Waals surface area contributed by atoms with Crippen molar-refractivity contribution in [2.75, 3.05) is 6.54 Å². The number of hydrogen-bond acceptors (Lipinski definition) is 5. The van der Waals surface area contributed by atoms with Gasteiger partial charge >= 0.3 is 12.1 Å². The predicted molar refractivity (Wildman–Crippen MR) is 109 cm³/mol. The smallest absolute Gasteiger partial charge is 0.417 e. The summed E-state index contributed by atoms with van der Waals surface area (Å²) in [6, 6.07) is 0. The van der Waals surface area contributed by atoms with E-state index in [1.54, 1.807) is 48.5 Å². The van der Waals surface area contributed by atoms with Crippen LogP contribution in [-0.4, -0.2) is 40.6 Å². The fourth-order valence-corrected chi connectivity index (χ4v) is 3.84. The molecule has 0 radical (unpaired) electrons. The van der Waals surface area contributed by atoms with Crippen LogP contribution in [0.1, 0.15) is 75.2 Å². The van der Waals surface area contributed by atoms with Crippen LogP contribution in [0, 0.1) is 17.3 Å². The van der Waals surface area contributed by atoms with Gasteiger partial charge in [0.2, 0.25) is 5.91 Å². The Morgan fingerprint density at radius 2 is 1.61 bits per heavy atom. The average molecular weight is 396 g/mol. The molecule has 0 aromatic carbocycles. The normalized spacial score (nSPS) is 21.6. The molecular weight excluding hydrogens is 358 g/mol. The maximum absolute atomic E-state index is 13.5. The number of nitrogens with zero attached hydrogens (tertiary/aromatic N) is 1. The Labute approximate surface area is 169 Å². The van der Waals surface area contributed by atoms with Crippen molar-refractivity contribution in [1.29, 1.82) is 0 Å². The van der Waals surface area contributed by atoms with Crippen LogP contribution in [0.2, 0.25) is 0 Å². The molecule has 1 saturated heterocycles. The first-order valence-corrected chi connectivity index (χ1v) is 9.93. The molecule has 2 amide bonds. The minimum absolute atomic E-state index is 0.145. The Hall–Kier alpha value is -1.85. The van der Waals surface area contributed by atoms with E-state index in [1.165, 1.54) is 0 Å². The number of esters is 1. The zero-order valence-electron chi connectivity index (χ0n) is 19.0. The van der Waals surface area contributed by atoms with E-state index in [0.29, 0.717) is 18.4 Å². The molecule has 0 spiro atoms. The summed E-state index contributed by atoms with van der Waals surface area (Å²) in [4.78, 5) is 40.3. The highest BCUT2D eigenvalue weighted by Crippen LogP contribution is 2.48. The lowest BCUT2D eigenvalue weighted by Gasteiger charge is -2.37. The number of ether oxygens (including phenoxy) is 2. The first-order chi connectivity index (χ1) is 12.5. The third kappa shape index (κ3) is 5.82. The monoisotopic (exact) mass is 395 g/mol. The summed E-state index contributed by atoms with van der Waals surface area (Å²) in [6.07, 6.45) is 0.162. The fourth-order valence-electron chi connectivity index (χ4n) is 3.84. The summed E-state index contributed by atoms with van der Waals surface area (Å²) >= 11 is 0. The number of hydrogen-bond donors (Lipinski definition) is 0. The molecule has 0 aromatic heterocycles. The van der Waals surface area contributed by atoms with Crippen molar-refractivity contribution in [3.8, 4) is 0 Å². The molecule has 28 heavy (non-hydrogen) atoms. The lowest BCUT2D eigenvalue weighted by Crippen LogP contribution is -2.48. The Bertz CT molecular complexity index is 638. The molecule has 0 aromatic rings. The molecule has 0 saturated carbocycles. The second kappa shape index (κ2) is 8.26. The van der Waals surface area contributed by atoms with Gasteiger partial charge in [0.15, 0.2) is 0 Å². The second-order valence-electron chi connectivity index (χ2n) is 10.3. The third-order valence-electron chi connectivity index (χ3n) is 4.53. The standard InChI is InChI=1S/C22H37NO5/c1-14(2)13-22(16(15(3)4)17(24)27-20(5,6)7)11-12-23(18(22)25)19(26)28-21(8,9)10/h14,16H,3,11-13H2,1-2,4-10H3. The number of imide groups is 1. The summed E-state index contributed by atoms with van der Waals surface area (Å²) in [7, 11) is 0. The molecule has 1 fully saturated rings.